The molecule has 0 bridgehead atoms. The smallest absolute Gasteiger partial charge is 0.0229 e. The Morgan fingerprint density at radius 2 is 2.12 bits per heavy atom. The van der Waals surface area contributed by atoms with Crippen molar-refractivity contribution in [3.05, 3.63) is 0 Å². The molecule has 0 aromatic rings. The number of rotatable bonds is 8. The summed E-state index contributed by atoms with van der Waals surface area (Å²) in [6.07, 6.45) is 5.32. The summed E-state index contributed by atoms with van der Waals surface area (Å²) < 4.78 is 0. The summed E-state index contributed by atoms with van der Waals surface area (Å²) in [5.74, 6) is 0. The van der Waals surface area contributed by atoms with Gasteiger partial charge in [0.1, 0.15) is 0 Å². The van der Waals surface area contributed by atoms with Crippen LogP contribution in [0.25, 0.3) is 0 Å². The standard InChI is InChI=1S/C14H31N3/c1-5-6-7-9-15-11-13(2)17-10-8-14(12-17)16(3)4/h13-15H,5-12H2,1-4H3. The molecule has 3 nitrogen and oxygen atoms in total. The van der Waals surface area contributed by atoms with Crippen LogP contribution in [0.3, 0.4) is 0 Å². The normalized spacial score (nSPS) is 23.5. The van der Waals surface area contributed by atoms with E-state index in [4.69, 9.17) is 0 Å². The van der Waals surface area contributed by atoms with Gasteiger partial charge in [-0.15, -0.1) is 0 Å². The monoisotopic (exact) mass is 241 g/mol. The Kier molecular flexibility index (Phi) is 7.09. The molecule has 17 heavy (non-hydrogen) atoms. The molecule has 0 saturated carbocycles. The van der Waals surface area contributed by atoms with Crippen molar-refractivity contribution in [2.45, 2.75) is 51.6 Å². The fourth-order valence-electron chi connectivity index (χ4n) is 2.53. The largest absolute Gasteiger partial charge is 0.315 e. The summed E-state index contributed by atoms with van der Waals surface area (Å²) in [7, 11) is 4.39. The van der Waals surface area contributed by atoms with Gasteiger partial charge in [-0.2, -0.15) is 0 Å². The van der Waals surface area contributed by atoms with E-state index in [0.29, 0.717) is 6.04 Å². The van der Waals surface area contributed by atoms with Crippen molar-refractivity contribution in [3.8, 4) is 0 Å². The van der Waals surface area contributed by atoms with Crippen molar-refractivity contribution in [1.29, 1.82) is 0 Å². The fourth-order valence-corrected chi connectivity index (χ4v) is 2.53. The van der Waals surface area contributed by atoms with E-state index in [2.05, 4.69) is 43.1 Å². The predicted octanol–water partition coefficient (Wildman–Crippen LogP) is 1.79. The summed E-state index contributed by atoms with van der Waals surface area (Å²) in [4.78, 5) is 4.99. The summed E-state index contributed by atoms with van der Waals surface area (Å²) in [6, 6.07) is 1.44. The third-order valence-electron chi connectivity index (χ3n) is 3.95. The Labute approximate surface area is 108 Å². The van der Waals surface area contributed by atoms with Gasteiger partial charge in [0.05, 0.1) is 0 Å². The Morgan fingerprint density at radius 1 is 1.35 bits per heavy atom. The van der Waals surface area contributed by atoms with Crippen LogP contribution in [0.15, 0.2) is 0 Å². The molecule has 1 saturated heterocycles. The molecular formula is C14H31N3. The molecule has 1 rings (SSSR count). The lowest BCUT2D eigenvalue weighted by Gasteiger charge is -2.26. The molecular weight excluding hydrogens is 210 g/mol. The zero-order valence-electron chi connectivity index (χ0n) is 12.2. The van der Waals surface area contributed by atoms with E-state index in [9.17, 15) is 0 Å². The number of nitrogens with one attached hydrogen (secondary N) is 1. The molecule has 1 aliphatic rings. The van der Waals surface area contributed by atoms with Crippen molar-refractivity contribution >= 4 is 0 Å². The van der Waals surface area contributed by atoms with Gasteiger partial charge in [0.2, 0.25) is 0 Å². The topological polar surface area (TPSA) is 18.5 Å². The number of hydrogen-bond donors (Lipinski definition) is 1. The highest BCUT2D eigenvalue weighted by Crippen LogP contribution is 2.15. The van der Waals surface area contributed by atoms with Crippen LogP contribution in [0.1, 0.15) is 39.5 Å². The van der Waals surface area contributed by atoms with E-state index < -0.39 is 0 Å². The highest BCUT2D eigenvalue weighted by molar-refractivity contribution is 4.84. The van der Waals surface area contributed by atoms with Crippen LogP contribution in [0.5, 0.6) is 0 Å². The average molecular weight is 241 g/mol. The number of unbranched alkanes of at least 4 members (excludes halogenated alkanes) is 2. The lowest BCUT2D eigenvalue weighted by molar-refractivity contribution is 0.222. The minimum absolute atomic E-state index is 0.682. The van der Waals surface area contributed by atoms with Crippen LogP contribution >= 0.6 is 0 Å². The van der Waals surface area contributed by atoms with Crippen LogP contribution in [-0.2, 0) is 0 Å². The first-order chi connectivity index (χ1) is 8.15. The lowest BCUT2D eigenvalue weighted by Crippen LogP contribution is -2.41. The number of hydrogen-bond acceptors (Lipinski definition) is 3. The molecule has 1 heterocycles. The van der Waals surface area contributed by atoms with Crippen molar-refractivity contribution in [2.24, 2.45) is 0 Å². The van der Waals surface area contributed by atoms with Crippen LogP contribution in [0.4, 0.5) is 0 Å². The molecule has 102 valence electrons. The molecule has 1 aliphatic heterocycles. The van der Waals surface area contributed by atoms with Gasteiger partial charge in [0.15, 0.2) is 0 Å². The van der Waals surface area contributed by atoms with E-state index >= 15 is 0 Å². The molecule has 0 aromatic carbocycles. The molecule has 0 radical (unpaired) electrons. The Morgan fingerprint density at radius 3 is 2.71 bits per heavy atom. The van der Waals surface area contributed by atoms with E-state index in [-0.39, 0.29) is 0 Å². The molecule has 1 fully saturated rings. The average Bonchev–Trinajstić information content (AvgIpc) is 2.78. The van der Waals surface area contributed by atoms with Crippen LogP contribution in [0.2, 0.25) is 0 Å². The van der Waals surface area contributed by atoms with E-state index in [1.807, 2.05) is 0 Å². The third kappa shape index (κ3) is 5.36. The van der Waals surface area contributed by atoms with Gasteiger partial charge >= 0.3 is 0 Å². The Hall–Kier alpha value is -0.120. The molecule has 0 amide bonds. The highest BCUT2D eigenvalue weighted by atomic mass is 15.3. The second-order valence-corrected chi connectivity index (χ2v) is 5.66. The van der Waals surface area contributed by atoms with Gasteiger partial charge in [0.25, 0.3) is 0 Å². The quantitative estimate of drug-likeness (QED) is 0.654. The SMILES string of the molecule is CCCCCNCC(C)N1CCC(N(C)C)C1. The van der Waals surface area contributed by atoms with Crippen molar-refractivity contribution < 1.29 is 0 Å². The number of likely N-dealkylation sites (N-methyl/N-ethyl adjacent to an activating group) is 1. The molecule has 0 spiro atoms. The lowest BCUT2D eigenvalue weighted by atomic mass is 10.2. The van der Waals surface area contributed by atoms with Gasteiger partial charge in [0, 0.05) is 31.7 Å². The van der Waals surface area contributed by atoms with E-state index in [0.717, 1.165) is 12.6 Å². The van der Waals surface area contributed by atoms with Gasteiger partial charge in [-0.3, -0.25) is 4.90 Å². The third-order valence-corrected chi connectivity index (χ3v) is 3.95. The van der Waals surface area contributed by atoms with Crippen molar-refractivity contribution in [2.75, 3.05) is 40.3 Å². The molecule has 0 aromatic heterocycles. The molecule has 1 N–H and O–H groups in total. The summed E-state index contributed by atoms with van der Waals surface area (Å²) in [5, 5.41) is 3.59. The summed E-state index contributed by atoms with van der Waals surface area (Å²) >= 11 is 0. The maximum atomic E-state index is 3.59. The van der Waals surface area contributed by atoms with Gasteiger partial charge in [-0.25, -0.2) is 0 Å². The zero-order valence-corrected chi connectivity index (χ0v) is 12.2. The van der Waals surface area contributed by atoms with Crippen LogP contribution in [-0.4, -0.2) is 62.2 Å². The minimum Gasteiger partial charge on any atom is -0.315 e. The Bertz CT molecular complexity index is 194. The number of likely N-dealkylation sites (tertiary alicyclic amines) is 1. The molecule has 2 unspecified atom stereocenters. The number of nitrogens with zero attached hydrogens (tertiary/aromatic N) is 2. The highest BCUT2D eigenvalue weighted by Gasteiger charge is 2.26. The van der Waals surface area contributed by atoms with Crippen LogP contribution in [0, 0.1) is 0 Å². The van der Waals surface area contributed by atoms with Crippen molar-refractivity contribution in [1.82, 2.24) is 15.1 Å². The van der Waals surface area contributed by atoms with Crippen molar-refractivity contribution in [3.63, 3.8) is 0 Å². The van der Waals surface area contributed by atoms with Crippen LogP contribution < -0.4 is 5.32 Å². The Balaban J connectivity index is 2.10. The fraction of sp³-hybridized carbons (Fsp3) is 1.00. The van der Waals surface area contributed by atoms with Gasteiger partial charge in [-0.05, 0) is 40.4 Å². The maximum Gasteiger partial charge on any atom is 0.0229 e. The molecule has 2 atom stereocenters. The second-order valence-electron chi connectivity index (χ2n) is 5.66. The van der Waals surface area contributed by atoms with E-state index in [1.54, 1.807) is 0 Å². The molecule has 0 aliphatic carbocycles. The maximum absolute atomic E-state index is 3.59. The summed E-state index contributed by atoms with van der Waals surface area (Å²) in [6.45, 7) is 9.44. The second kappa shape index (κ2) is 8.06. The van der Waals surface area contributed by atoms with Gasteiger partial charge in [-0.1, -0.05) is 19.8 Å². The first-order valence-corrected chi connectivity index (χ1v) is 7.26. The first-order valence-electron chi connectivity index (χ1n) is 7.26. The van der Waals surface area contributed by atoms with Gasteiger partial charge < -0.3 is 10.2 Å². The minimum atomic E-state index is 0.682. The predicted molar refractivity (Wildman–Crippen MR) is 75.5 cm³/mol. The first kappa shape index (κ1) is 14.9. The zero-order chi connectivity index (χ0) is 12.7. The summed E-state index contributed by atoms with van der Waals surface area (Å²) in [5.41, 5.74) is 0. The molecule has 3 heteroatoms. The van der Waals surface area contributed by atoms with E-state index in [1.165, 1.54) is 45.3 Å².